The normalized spacial score (nSPS) is 11.2. The van der Waals surface area contributed by atoms with Gasteiger partial charge in [-0.25, -0.2) is 8.42 Å². The molecule has 0 saturated heterocycles. The second kappa shape index (κ2) is 9.66. The smallest absolute Gasteiger partial charge is 0.245 e. The van der Waals surface area contributed by atoms with Crippen LogP contribution in [0.1, 0.15) is 25.3 Å². The Morgan fingerprint density at radius 2 is 1.48 bits per heavy atom. The standard InChI is InChI=1S/C24H26N2O4S/c1-18(2)22-11-7-8-12-23(22)26(31(3,28)29)17-24(27)25-19-13-15-21(16-14-19)30-20-9-5-4-6-10-20/h4-16,18H,17H2,1-3H3,(H,25,27). The molecule has 31 heavy (non-hydrogen) atoms. The Hall–Kier alpha value is -3.32. The number of ether oxygens (including phenoxy) is 1. The highest BCUT2D eigenvalue weighted by molar-refractivity contribution is 7.92. The third-order valence-electron chi connectivity index (χ3n) is 4.63. The molecular weight excluding hydrogens is 412 g/mol. The Balaban J connectivity index is 1.72. The van der Waals surface area contributed by atoms with Gasteiger partial charge in [-0.15, -0.1) is 0 Å². The van der Waals surface area contributed by atoms with E-state index < -0.39 is 15.9 Å². The molecule has 0 heterocycles. The molecular formula is C24H26N2O4S. The predicted molar refractivity (Wildman–Crippen MR) is 124 cm³/mol. The summed E-state index contributed by atoms with van der Waals surface area (Å²) >= 11 is 0. The molecule has 0 aliphatic rings. The summed E-state index contributed by atoms with van der Waals surface area (Å²) in [5, 5.41) is 2.75. The minimum absolute atomic E-state index is 0.112. The molecule has 0 aromatic heterocycles. The molecule has 3 rings (SSSR count). The Kier molecular flexibility index (Phi) is 6.97. The first kappa shape index (κ1) is 22.4. The van der Waals surface area contributed by atoms with Crippen LogP contribution in [0.5, 0.6) is 11.5 Å². The van der Waals surface area contributed by atoms with Crippen LogP contribution in [0, 0.1) is 0 Å². The van der Waals surface area contributed by atoms with Crippen LogP contribution in [0.2, 0.25) is 0 Å². The maximum absolute atomic E-state index is 12.7. The van der Waals surface area contributed by atoms with Crippen LogP contribution in [0.15, 0.2) is 78.9 Å². The van der Waals surface area contributed by atoms with Crippen LogP contribution < -0.4 is 14.4 Å². The maximum atomic E-state index is 12.7. The van der Waals surface area contributed by atoms with Crippen LogP contribution in [0.4, 0.5) is 11.4 Å². The molecule has 6 nitrogen and oxygen atoms in total. The van der Waals surface area contributed by atoms with Crippen LogP contribution in [-0.2, 0) is 14.8 Å². The van der Waals surface area contributed by atoms with Gasteiger partial charge in [0.05, 0.1) is 11.9 Å². The number of carbonyl (C=O) groups is 1. The minimum Gasteiger partial charge on any atom is -0.457 e. The van der Waals surface area contributed by atoms with E-state index in [9.17, 15) is 13.2 Å². The summed E-state index contributed by atoms with van der Waals surface area (Å²) in [6.07, 6.45) is 1.10. The summed E-state index contributed by atoms with van der Waals surface area (Å²) in [5.74, 6) is 1.03. The van der Waals surface area contributed by atoms with Gasteiger partial charge >= 0.3 is 0 Å². The first-order valence-electron chi connectivity index (χ1n) is 9.93. The van der Waals surface area contributed by atoms with E-state index in [1.165, 1.54) is 0 Å². The summed E-state index contributed by atoms with van der Waals surface area (Å²) < 4.78 is 31.8. The fraction of sp³-hybridized carbons (Fsp3) is 0.208. The molecule has 3 aromatic rings. The summed E-state index contributed by atoms with van der Waals surface area (Å²) in [4.78, 5) is 12.7. The molecule has 0 bridgehead atoms. The number of sulfonamides is 1. The van der Waals surface area contributed by atoms with E-state index in [4.69, 9.17) is 4.74 Å². The van der Waals surface area contributed by atoms with Crippen molar-refractivity contribution in [3.05, 3.63) is 84.4 Å². The van der Waals surface area contributed by atoms with Crippen LogP contribution in [-0.4, -0.2) is 27.1 Å². The van der Waals surface area contributed by atoms with Gasteiger partial charge in [-0.05, 0) is 53.9 Å². The molecule has 1 amide bonds. The van der Waals surface area contributed by atoms with E-state index in [0.717, 1.165) is 16.1 Å². The van der Waals surface area contributed by atoms with Crippen LogP contribution in [0.25, 0.3) is 0 Å². The first-order chi connectivity index (χ1) is 14.7. The zero-order valence-electron chi connectivity index (χ0n) is 17.8. The zero-order valence-corrected chi connectivity index (χ0v) is 18.6. The average Bonchev–Trinajstić information content (AvgIpc) is 2.73. The van der Waals surface area contributed by atoms with Gasteiger partial charge in [0.2, 0.25) is 15.9 Å². The lowest BCUT2D eigenvalue weighted by Crippen LogP contribution is -2.38. The molecule has 0 atom stereocenters. The van der Waals surface area contributed by atoms with E-state index >= 15 is 0 Å². The number of nitrogens with one attached hydrogen (secondary N) is 1. The number of amides is 1. The topological polar surface area (TPSA) is 75.7 Å². The monoisotopic (exact) mass is 438 g/mol. The first-order valence-corrected chi connectivity index (χ1v) is 11.8. The summed E-state index contributed by atoms with van der Waals surface area (Å²) in [7, 11) is -3.65. The van der Waals surface area contributed by atoms with Crippen molar-refractivity contribution >= 4 is 27.3 Å². The van der Waals surface area contributed by atoms with Crippen LogP contribution in [0.3, 0.4) is 0 Å². The van der Waals surface area contributed by atoms with Crippen molar-refractivity contribution in [3.63, 3.8) is 0 Å². The van der Waals surface area contributed by atoms with Gasteiger partial charge in [0.1, 0.15) is 18.0 Å². The lowest BCUT2D eigenvalue weighted by atomic mass is 10.0. The fourth-order valence-electron chi connectivity index (χ4n) is 3.15. The number of para-hydroxylation sites is 2. The molecule has 0 radical (unpaired) electrons. The second-order valence-electron chi connectivity index (χ2n) is 7.47. The highest BCUT2D eigenvalue weighted by atomic mass is 32.2. The third kappa shape index (κ3) is 6.08. The highest BCUT2D eigenvalue weighted by Gasteiger charge is 2.24. The molecule has 0 unspecified atom stereocenters. The number of benzene rings is 3. The van der Waals surface area contributed by atoms with Crippen molar-refractivity contribution in [1.29, 1.82) is 0 Å². The van der Waals surface area contributed by atoms with Crippen molar-refractivity contribution in [2.75, 3.05) is 22.4 Å². The van der Waals surface area contributed by atoms with Gasteiger partial charge < -0.3 is 10.1 Å². The van der Waals surface area contributed by atoms with E-state index in [0.29, 0.717) is 22.9 Å². The third-order valence-corrected chi connectivity index (χ3v) is 5.76. The Labute approximate surface area is 183 Å². The number of rotatable bonds is 8. The van der Waals surface area contributed by atoms with Crippen molar-refractivity contribution in [2.24, 2.45) is 0 Å². The lowest BCUT2D eigenvalue weighted by molar-refractivity contribution is -0.114. The lowest BCUT2D eigenvalue weighted by Gasteiger charge is -2.25. The Morgan fingerprint density at radius 3 is 2.10 bits per heavy atom. The number of anilines is 2. The molecule has 0 spiro atoms. The second-order valence-corrected chi connectivity index (χ2v) is 9.38. The Bertz CT molecular complexity index is 1130. The molecule has 0 aliphatic carbocycles. The average molecular weight is 439 g/mol. The molecule has 0 saturated carbocycles. The van der Waals surface area contributed by atoms with E-state index in [-0.39, 0.29) is 12.5 Å². The van der Waals surface area contributed by atoms with Crippen molar-refractivity contribution in [3.8, 4) is 11.5 Å². The van der Waals surface area contributed by atoms with E-state index in [2.05, 4.69) is 5.32 Å². The number of hydrogen-bond acceptors (Lipinski definition) is 4. The van der Waals surface area contributed by atoms with E-state index in [1.54, 1.807) is 36.4 Å². The van der Waals surface area contributed by atoms with Crippen LogP contribution >= 0.6 is 0 Å². The molecule has 0 fully saturated rings. The molecule has 0 aliphatic heterocycles. The molecule has 162 valence electrons. The van der Waals surface area contributed by atoms with Gasteiger partial charge in [0, 0.05) is 5.69 Å². The van der Waals surface area contributed by atoms with E-state index in [1.807, 2.05) is 56.3 Å². The quantitative estimate of drug-likeness (QED) is 0.537. The number of nitrogens with zero attached hydrogens (tertiary/aromatic N) is 1. The maximum Gasteiger partial charge on any atom is 0.245 e. The molecule has 3 aromatic carbocycles. The fourth-order valence-corrected chi connectivity index (χ4v) is 4.02. The SMILES string of the molecule is CC(C)c1ccccc1N(CC(=O)Nc1ccc(Oc2ccccc2)cc1)S(C)(=O)=O. The molecule has 7 heteroatoms. The van der Waals surface area contributed by atoms with Crippen molar-refractivity contribution in [1.82, 2.24) is 0 Å². The van der Waals surface area contributed by atoms with Gasteiger partial charge in [-0.3, -0.25) is 9.10 Å². The van der Waals surface area contributed by atoms with Gasteiger partial charge in [0.25, 0.3) is 0 Å². The van der Waals surface area contributed by atoms with Gasteiger partial charge in [0.15, 0.2) is 0 Å². The van der Waals surface area contributed by atoms with Crippen molar-refractivity contribution in [2.45, 2.75) is 19.8 Å². The Morgan fingerprint density at radius 1 is 0.903 bits per heavy atom. The molecule has 1 N–H and O–H groups in total. The summed E-state index contributed by atoms with van der Waals surface area (Å²) in [5.41, 5.74) is 1.93. The number of carbonyl (C=O) groups excluding carboxylic acids is 1. The van der Waals surface area contributed by atoms with Crippen molar-refractivity contribution < 1.29 is 17.9 Å². The largest absolute Gasteiger partial charge is 0.457 e. The summed E-state index contributed by atoms with van der Waals surface area (Å²) in [6, 6.07) is 23.5. The predicted octanol–water partition coefficient (Wildman–Crippen LogP) is 5.01. The summed E-state index contributed by atoms with van der Waals surface area (Å²) in [6.45, 7) is 3.65. The minimum atomic E-state index is -3.65. The highest BCUT2D eigenvalue weighted by Crippen LogP contribution is 2.29. The van der Waals surface area contributed by atoms with Gasteiger partial charge in [-0.1, -0.05) is 50.2 Å². The zero-order chi connectivity index (χ0) is 22.4. The number of hydrogen-bond donors (Lipinski definition) is 1. The van der Waals surface area contributed by atoms with Gasteiger partial charge in [-0.2, -0.15) is 0 Å².